The van der Waals surface area contributed by atoms with Crippen LogP contribution in [0.4, 0.5) is 5.82 Å². The molecule has 21 heavy (non-hydrogen) atoms. The molecule has 3 nitrogen and oxygen atoms in total. The molecule has 6 heteroatoms. The van der Waals surface area contributed by atoms with Gasteiger partial charge in [0.1, 0.15) is 5.82 Å². The van der Waals surface area contributed by atoms with Crippen molar-refractivity contribution < 1.29 is 0 Å². The molecule has 0 aliphatic heterocycles. The molecule has 0 spiro atoms. The van der Waals surface area contributed by atoms with E-state index in [0.29, 0.717) is 16.8 Å². The average molecular weight is 481 g/mol. The minimum Gasteiger partial charge on any atom is -0.372 e. The van der Waals surface area contributed by atoms with Crippen LogP contribution in [0.5, 0.6) is 0 Å². The van der Waals surface area contributed by atoms with Gasteiger partial charge in [-0.25, -0.2) is 9.97 Å². The van der Waals surface area contributed by atoms with Gasteiger partial charge in [0.2, 0.25) is 0 Å². The first kappa shape index (κ1) is 17.0. The van der Waals surface area contributed by atoms with Crippen LogP contribution in [-0.2, 0) is 6.42 Å². The maximum atomic E-state index is 6.33. The number of hydrogen-bond acceptors (Lipinski definition) is 3. The van der Waals surface area contributed by atoms with Crippen LogP contribution < -0.4 is 5.32 Å². The van der Waals surface area contributed by atoms with Crippen LogP contribution in [0.1, 0.15) is 19.5 Å². The number of nitrogens with zero attached hydrogens (tertiary/aromatic N) is 2. The van der Waals surface area contributed by atoms with E-state index in [-0.39, 0.29) is 0 Å². The van der Waals surface area contributed by atoms with Crippen LogP contribution in [0.2, 0.25) is 5.02 Å². The lowest BCUT2D eigenvalue weighted by atomic mass is 10.1. The highest BCUT2D eigenvalue weighted by molar-refractivity contribution is 14.1. The molecule has 1 N–H and O–H groups in total. The van der Waals surface area contributed by atoms with Crippen molar-refractivity contribution in [3.63, 3.8) is 0 Å². The Morgan fingerprint density at radius 3 is 2.62 bits per heavy atom. The lowest BCUT2D eigenvalue weighted by molar-refractivity contribution is 0.632. The average Bonchev–Trinajstić information content (AvgIpc) is 2.41. The van der Waals surface area contributed by atoms with E-state index in [1.807, 2.05) is 25.2 Å². The molecule has 0 saturated heterocycles. The highest BCUT2D eigenvalue weighted by Gasteiger charge is 2.15. The molecule has 0 aliphatic carbocycles. The molecule has 1 heterocycles. The van der Waals surface area contributed by atoms with E-state index in [9.17, 15) is 0 Å². The van der Waals surface area contributed by atoms with Crippen LogP contribution in [0.25, 0.3) is 11.4 Å². The minimum atomic E-state index is 0.534. The van der Waals surface area contributed by atoms with Gasteiger partial charge in [0.15, 0.2) is 5.82 Å². The van der Waals surface area contributed by atoms with Crippen LogP contribution in [0.3, 0.4) is 0 Å². The van der Waals surface area contributed by atoms with E-state index >= 15 is 0 Å². The monoisotopic (exact) mass is 479 g/mol. The van der Waals surface area contributed by atoms with E-state index in [1.165, 1.54) is 0 Å². The minimum absolute atomic E-state index is 0.534. The van der Waals surface area contributed by atoms with Crippen molar-refractivity contribution in [2.24, 2.45) is 5.92 Å². The van der Waals surface area contributed by atoms with Gasteiger partial charge in [0.05, 0.1) is 14.3 Å². The van der Waals surface area contributed by atoms with E-state index in [0.717, 1.165) is 31.5 Å². The zero-order valence-corrected chi connectivity index (χ0v) is 16.5. The summed E-state index contributed by atoms with van der Waals surface area (Å²) in [5, 5.41) is 3.78. The summed E-state index contributed by atoms with van der Waals surface area (Å²) in [6.07, 6.45) is 0.913. The van der Waals surface area contributed by atoms with Gasteiger partial charge in [-0.2, -0.15) is 0 Å². The Morgan fingerprint density at radius 1 is 1.33 bits per heavy atom. The number of anilines is 1. The maximum absolute atomic E-state index is 6.33. The molecule has 0 bridgehead atoms. The fourth-order valence-electron chi connectivity index (χ4n) is 1.97. The number of aromatic nitrogens is 2. The molecular formula is C15H16BrClIN3. The number of benzene rings is 1. The molecule has 1 aromatic heterocycles. The van der Waals surface area contributed by atoms with Crippen molar-refractivity contribution in [3.05, 3.63) is 37.0 Å². The maximum Gasteiger partial charge on any atom is 0.163 e. The van der Waals surface area contributed by atoms with Gasteiger partial charge >= 0.3 is 0 Å². The molecule has 112 valence electrons. The summed E-state index contributed by atoms with van der Waals surface area (Å²) in [5.74, 6) is 2.04. The summed E-state index contributed by atoms with van der Waals surface area (Å²) < 4.78 is 2.01. The quantitative estimate of drug-likeness (QED) is 0.595. The van der Waals surface area contributed by atoms with Gasteiger partial charge in [0.25, 0.3) is 0 Å². The van der Waals surface area contributed by atoms with E-state index < -0.39 is 0 Å². The molecule has 0 fully saturated rings. The lowest BCUT2D eigenvalue weighted by Crippen LogP contribution is -2.08. The van der Waals surface area contributed by atoms with Crippen molar-refractivity contribution in [2.45, 2.75) is 20.3 Å². The van der Waals surface area contributed by atoms with Gasteiger partial charge in [0, 0.05) is 17.1 Å². The molecule has 0 aliphatic rings. The van der Waals surface area contributed by atoms with E-state index in [4.69, 9.17) is 16.6 Å². The van der Waals surface area contributed by atoms with Crippen LogP contribution in [-0.4, -0.2) is 17.0 Å². The molecule has 0 unspecified atom stereocenters. The molecule has 0 amide bonds. The summed E-state index contributed by atoms with van der Waals surface area (Å²) in [5.41, 5.74) is 1.90. The number of nitrogens with one attached hydrogen (secondary N) is 1. The van der Waals surface area contributed by atoms with Crippen molar-refractivity contribution in [2.75, 3.05) is 12.4 Å². The van der Waals surface area contributed by atoms with Crippen molar-refractivity contribution in [1.82, 2.24) is 9.97 Å². The molecule has 1 aromatic carbocycles. The Kier molecular flexibility index (Phi) is 5.85. The van der Waals surface area contributed by atoms with Gasteiger partial charge in [-0.05, 0) is 53.1 Å². The van der Waals surface area contributed by atoms with Crippen LogP contribution in [0, 0.1) is 9.49 Å². The first-order chi connectivity index (χ1) is 9.92. The first-order valence-electron chi connectivity index (χ1n) is 6.62. The Bertz CT molecular complexity index is 662. The fraction of sp³-hybridized carbons (Fsp3) is 0.333. The van der Waals surface area contributed by atoms with Gasteiger partial charge in [-0.15, -0.1) is 0 Å². The predicted molar refractivity (Wildman–Crippen MR) is 101 cm³/mol. The summed E-state index contributed by atoms with van der Waals surface area (Å²) in [7, 11) is 1.87. The molecule has 2 rings (SSSR count). The van der Waals surface area contributed by atoms with Crippen LogP contribution in [0.15, 0.2) is 22.7 Å². The number of hydrogen-bond donors (Lipinski definition) is 1. The van der Waals surface area contributed by atoms with Crippen molar-refractivity contribution >= 4 is 55.9 Å². The number of rotatable bonds is 4. The highest BCUT2D eigenvalue weighted by Crippen LogP contribution is 2.31. The zero-order chi connectivity index (χ0) is 15.6. The second kappa shape index (κ2) is 7.24. The smallest absolute Gasteiger partial charge is 0.163 e. The Balaban J connectivity index is 2.58. The molecule has 0 atom stereocenters. The largest absolute Gasteiger partial charge is 0.372 e. The van der Waals surface area contributed by atoms with E-state index in [1.54, 1.807) is 0 Å². The van der Waals surface area contributed by atoms with Crippen molar-refractivity contribution in [3.8, 4) is 11.4 Å². The summed E-state index contributed by atoms with van der Waals surface area (Å²) in [4.78, 5) is 9.31. The standard InChI is InChI=1S/C15H16BrClIN3/c1-8(2)6-12-13(18)15(19-3)21-14(20-12)10-5-4-9(16)7-11(10)17/h4-5,7-8H,6H2,1-3H3,(H,19,20,21). The Hall–Kier alpha value is -0.400. The van der Waals surface area contributed by atoms with Crippen LogP contribution >= 0.6 is 50.1 Å². The van der Waals surface area contributed by atoms with E-state index in [2.05, 4.69) is 62.7 Å². The molecule has 0 saturated carbocycles. The summed E-state index contributed by atoms with van der Waals surface area (Å²) in [6.45, 7) is 4.37. The zero-order valence-electron chi connectivity index (χ0n) is 12.0. The third-order valence-corrected chi connectivity index (χ3v) is 4.87. The third-order valence-electron chi connectivity index (χ3n) is 2.93. The Morgan fingerprint density at radius 2 is 2.05 bits per heavy atom. The van der Waals surface area contributed by atoms with Gasteiger partial charge < -0.3 is 5.32 Å². The second-order valence-electron chi connectivity index (χ2n) is 5.13. The molecule has 0 radical (unpaired) electrons. The number of halogens is 3. The van der Waals surface area contributed by atoms with Crippen molar-refractivity contribution in [1.29, 1.82) is 0 Å². The lowest BCUT2D eigenvalue weighted by Gasteiger charge is -2.13. The van der Waals surface area contributed by atoms with Gasteiger partial charge in [-0.3, -0.25) is 0 Å². The topological polar surface area (TPSA) is 37.8 Å². The molecular weight excluding hydrogens is 464 g/mol. The third kappa shape index (κ3) is 4.07. The predicted octanol–water partition coefficient (Wildman–Crippen LogP) is 5.40. The first-order valence-corrected chi connectivity index (χ1v) is 8.87. The molecule has 2 aromatic rings. The Labute approximate surface area is 152 Å². The highest BCUT2D eigenvalue weighted by atomic mass is 127. The second-order valence-corrected chi connectivity index (χ2v) is 7.53. The van der Waals surface area contributed by atoms with Gasteiger partial charge in [-0.1, -0.05) is 41.4 Å². The fourth-order valence-corrected chi connectivity index (χ4v) is 3.46. The normalized spacial score (nSPS) is 11.0. The SMILES string of the molecule is CNc1nc(-c2ccc(Br)cc2Cl)nc(CC(C)C)c1I. The summed E-state index contributed by atoms with van der Waals surface area (Å²) >= 11 is 12.0. The summed E-state index contributed by atoms with van der Waals surface area (Å²) in [6, 6.07) is 5.75.